The lowest BCUT2D eigenvalue weighted by Crippen LogP contribution is -2.41. The van der Waals surface area contributed by atoms with Crippen molar-refractivity contribution in [3.05, 3.63) is 60.3 Å². The zero-order valence-electron chi connectivity index (χ0n) is 16.7. The summed E-state index contributed by atoms with van der Waals surface area (Å²) in [5.74, 6) is 1.36. The predicted molar refractivity (Wildman–Crippen MR) is 111 cm³/mol. The molecule has 0 bridgehead atoms. The van der Waals surface area contributed by atoms with Gasteiger partial charge in [0.1, 0.15) is 11.9 Å². The lowest BCUT2D eigenvalue weighted by Gasteiger charge is -2.32. The van der Waals surface area contributed by atoms with E-state index in [0.29, 0.717) is 24.5 Å². The molecule has 0 N–H and O–H groups in total. The van der Waals surface area contributed by atoms with E-state index in [0.717, 1.165) is 29.6 Å². The van der Waals surface area contributed by atoms with Crippen LogP contribution < -0.4 is 9.47 Å². The Balaban J connectivity index is 1.33. The minimum Gasteiger partial charge on any atom is -0.491 e. The predicted octanol–water partition coefficient (Wildman–Crippen LogP) is 4.10. The molecule has 0 unspecified atom stereocenters. The van der Waals surface area contributed by atoms with Crippen LogP contribution >= 0.6 is 0 Å². The van der Waals surface area contributed by atoms with Crippen LogP contribution in [0.25, 0.3) is 11.0 Å². The van der Waals surface area contributed by atoms with Gasteiger partial charge in [0.2, 0.25) is 5.88 Å². The summed E-state index contributed by atoms with van der Waals surface area (Å²) in [6.07, 6.45) is 3.36. The first-order chi connectivity index (χ1) is 14.1. The Kier molecular flexibility index (Phi) is 5.60. The Morgan fingerprint density at radius 1 is 1.03 bits per heavy atom. The third kappa shape index (κ3) is 4.65. The number of benzene rings is 2. The molecule has 1 aliphatic heterocycles. The number of hydrogen-bond donors (Lipinski definition) is 0. The minimum absolute atomic E-state index is 0.0383. The number of aromatic nitrogens is 2. The largest absolute Gasteiger partial charge is 0.491 e. The van der Waals surface area contributed by atoms with Crippen LogP contribution in [0.5, 0.6) is 11.6 Å². The Morgan fingerprint density at radius 3 is 2.41 bits per heavy atom. The van der Waals surface area contributed by atoms with Crippen LogP contribution in [0.3, 0.4) is 0 Å². The number of likely N-dealkylation sites (tertiary alicyclic amines) is 1. The number of fused-ring (bicyclic) bond motifs is 1. The van der Waals surface area contributed by atoms with Crippen molar-refractivity contribution in [1.82, 2.24) is 14.9 Å². The molecule has 1 aliphatic rings. The van der Waals surface area contributed by atoms with Gasteiger partial charge in [0, 0.05) is 31.5 Å². The number of rotatable bonds is 5. The summed E-state index contributed by atoms with van der Waals surface area (Å²) in [5.41, 5.74) is 2.36. The molecule has 150 valence electrons. The lowest BCUT2D eigenvalue weighted by molar-refractivity contribution is 0.0588. The molecule has 0 spiro atoms. The smallest absolute Gasteiger partial charge is 0.253 e. The molecule has 0 atom stereocenters. The molecule has 0 saturated carbocycles. The van der Waals surface area contributed by atoms with Gasteiger partial charge in [-0.1, -0.05) is 12.1 Å². The molecule has 0 aliphatic carbocycles. The highest BCUT2D eigenvalue weighted by molar-refractivity contribution is 5.94. The number of hydrogen-bond acceptors (Lipinski definition) is 5. The van der Waals surface area contributed by atoms with E-state index in [1.165, 1.54) is 0 Å². The monoisotopic (exact) mass is 391 g/mol. The molecule has 2 heterocycles. The van der Waals surface area contributed by atoms with Crippen molar-refractivity contribution in [2.75, 3.05) is 13.1 Å². The number of nitrogens with zero attached hydrogens (tertiary/aromatic N) is 3. The average Bonchev–Trinajstić information content (AvgIpc) is 2.74. The summed E-state index contributed by atoms with van der Waals surface area (Å²) in [5, 5.41) is 0. The Morgan fingerprint density at radius 2 is 1.72 bits per heavy atom. The summed E-state index contributed by atoms with van der Waals surface area (Å²) in [6, 6.07) is 15.1. The zero-order valence-corrected chi connectivity index (χ0v) is 16.7. The molecule has 2 aromatic carbocycles. The van der Waals surface area contributed by atoms with Crippen LogP contribution in [0.4, 0.5) is 0 Å². The van der Waals surface area contributed by atoms with E-state index in [-0.39, 0.29) is 18.1 Å². The van der Waals surface area contributed by atoms with Crippen molar-refractivity contribution >= 4 is 16.9 Å². The van der Waals surface area contributed by atoms with Gasteiger partial charge in [0.25, 0.3) is 5.91 Å². The summed E-state index contributed by atoms with van der Waals surface area (Å²) in [4.78, 5) is 23.6. The van der Waals surface area contributed by atoms with Crippen LogP contribution in [0.2, 0.25) is 0 Å². The molecule has 1 fully saturated rings. The van der Waals surface area contributed by atoms with Crippen molar-refractivity contribution in [3.63, 3.8) is 0 Å². The normalized spacial score (nSPS) is 14.9. The number of carbonyl (C=O) groups is 1. The first-order valence-electron chi connectivity index (χ1n) is 10.0. The van der Waals surface area contributed by atoms with Gasteiger partial charge in [0.05, 0.1) is 23.3 Å². The fourth-order valence-electron chi connectivity index (χ4n) is 3.48. The molecule has 3 aromatic rings. The summed E-state index contributed by atoms with van der Waals surface area (Å²) in [6.45, 7) is 5.28. The third-order valence-electron chi connectivity index (χ3n) is 4.92. The van der Waals surface area contributed by atoms with Gasteiger partial charge >= 0.3 is 0 Å². The summed E-state index contributed by atoms with van der Waals surface area (Å²) >= 11 is 0. The second-order valence-corrected chi connectivity index (χ2v) is 7.50. The molecule has 0 radical (unpaired) electrons. The number of para-hydroxylation sites is 2. The summed E-state index contributed by atoms with van der Waals surface area (Å²) in [7, 11) is 0. The van der Waals surface area contributed by atoms with Crippen LogP contribution in [0.1, 0.15) is 37.0 Å². The van der Waals surface area contributed by atoms with E-state index in [2.05, 4.69) is 9.97 Å². The average molecular weight is 391 g/mol. The van der Waals surface area contributed by atoms with Crippen LogP contribution in [0.15, 0.2) is 54.7 Å². The van der Waals surface area contributed by atoms with Gasteiger partial charge in [-0.15, -0.1) is 0 Å². The topological polar surface area (TPSA) is 64.5 Å². The van der Waals surface area contributed by atoms with E-state index in [9.17, 15) is 4.79 Å². The number of carbonyl (C=O) groups excluding carboxylic acids is 1. The molecule has 6 nitrogen and oxygen atoms in total. The van der Waals surface area contributed by atoms with E-state index in [1.807, 2.05) is 67.3 Å². The second kappa shape index (κ2) is 8.47. The van der Waals surface area contributed by atoms with Gasteiger partial charge in [-0.2, -0.15) is 0 Å². The van der Waals surface area contributed by atoms with Crippen molar-refractivity contribution in [2.24, 2.45) is 0 Å². The highest BCUT2D eigenvalue weighted by Gasteiger charge is 2.25. The molecular formula is C23H25N3O3. The van der Waals surface area contributed by atoms with E-state index >= 15 is 0 Å². The van der Waals surface area contributed by atoms with E-state index < -0.39 is 0 Å². The minimum atomic E-state index is 0.0383. The highest BCUT2D eigenvalue weighted by Crippen LogP contribution is 2.21. The van der Waals surface area contributed by atoms with Crippen molar-refractivity contribution < 1.29 is 14.3 Å². The maximum Gasteiger partial charge on any atom is 0.253 e. The molecule has 1 amide bonds. The standard InChI is InChI=1S/C23H25N3O3/c1-16(2)28-18-9-7-17(8-10-18)23(27)26-13-11-19(12-14-26)29-22-15-24-20-5-3-4-6-21(20)25-22/h3-10,15-16,19H,11-14H2,1-2H3. The third-order valence-corrected chi connectivity index (χ3v) is 4.92. The fraction of sp³-hybridized carbons (Fsp3) is 0.348. The van der Waals surface area contributed by atoms with Gasteiger partial charge in [-0.05, 0) is 50.2 Å². The molecule has 4 rings (SSSR count). The first kappa shape index (κ1) is 19.2. The van der Waals surface area contributed by atoms with Crippen LogP contribution in [-0.2, 0) is 0 Å². The quantitative estimate of drug-likeness (QED) is 0.655. The maximum absolute atomic E-state index is 12.8. The fourth-order valence-corrected chi connectivity index (χ4v) is 3.48. The highest BCUT2D eigenvalue weighted by atomic mass is 16.5. The SMILES string of the molecule is CC(C)Oc1ccc(C(=O)N2CCC(Oc3cnc4ccccc4n3)CC2)cc1. The van der Waals surface area contributed by atoms with Gasteiger partial charge in [0.15, 0.2) is 0 Å². The molecular weight excluding hydrogens is 366 g/mol. The Labute approximate surface area is 170 Å². The van der Waals surface area contributed by atoms with Crippen molar-refractivity contribution in [3.8, 4) is 11.6 Å². The van der Waals surface area contributed by atoms with Crippen molar-refractivity contribution in [2.45, 2.75) is 38.9 Å². The van der Waals surface area contributed by atoms with Crippen LogP contribution in [0, 0.1) is 0 Å². The number of ether oxygens (including phenoxy) is 2. The molecule has 6 heteroatoms. The second-order valence-electron chi connectivity index (χ2n) is 7.50. The van der Waals surface area contributed by atoms with Gasteiger partial charge in [-0.25, -0.2) is 9.97 Å². The molecule has 1 saturated heterocycles. The van der Waals surface area contributed by atoms with Crippen molar-refractivity contribution in [1.29, 1.82) is 0 Å². The van der Waals surface area contributed by atoms with Crippen LogP contribution in [-0.4, -0.2) is 46.1 Å². The van der Waals surface area contributed by atoms with Gasteiger partial charge < -0.3 is 14.4 Å². The Hall–Kier alpha value is -3.15. The van der Waals surface area contributed by atoms with E-state index in [1.54, 1.807) is 6.20 Å². The molecule has 1 aromatic heterocycles. The first-order valence-corrected chi connectivity index (χ1v) is 10.0. The zero-order chi connectivity index (χ0) is 20.2. The maximum atomic E-state index is 12.8. The lowest BCUT2D eigenvalue weighted by atomic mass is 10.1. The summed E-state index contributed by atoms with van der Waals surface area (Å²) < 4.78 is 11.7. The number of piperidine rings is 1. The molecule has 29 heavy (non-hydrogen) atoms. The Bertz CT molecular complexity index is 980. The number of amides is 1. The van der Waals surface area contributed by atoms with Gasteiger partial charge in [-0.3, -0.25) is 4.79 Å². The van der Waals surface area contributed by atoms with E-state index in [4.69, 9.17) is 9.47 Å².